The summed E-state index contributed by atoms with van der Waals surface area (Å²) in [6.45, 7) is 10.7. The van der Waals surface area contributed by atoms with E-state index in [4.69, 9.17) is 9.97 Å². The summed E-state index contributed by atoms with van der Waals surface area (Å²) in [5.41, 5.74) is 8.04. The van der Waals surface area contributed by atoms with Crippen LogP contribution in [0.2, 0.25) is 0 Å². The van der Waals surface area contributed by atoms with Crippen molar-refractivity contribution >= 4 is 84.8 Å². The van der Waals surface area contributed by atoms with Crippen LogP contribution in [0.15, 0.2) is 120 Å². The number of aromatic nitrogens is 2. The molecule has 0 unspecified atom stereocenters. The van der Waals surface area contributed by atoms with Crippen LogP contribution >= 0.6 is 54.5 Å². The molecule has 0 saturated carbocycles. The fourth-order valence-electron chi connectivity index (χ4n) is 7.24. The van der Waals surface area contributed by atoms with Crippen molar-refractivity contribution in [2.75, 3.05) is 62.2 Å². The van der Waals surface area contributed by atoms with Crippen molar-refractivity contribution in [1.82, 2.24) is 18.6 Å². The van der Waals surface area contributed by atoms with Crippen LogP contribution in [-0.4, -0.2) is 87.8 Å². The lowest BCUT2D eigenvalue weighted by molar-refractivity contribution is 0.384. The number of halogens is 2. The Kier molecular flexibility index (Phi) is 14.1. The van der Waals surface area contributed by atoms with Gasteiger partial charge in [-0.05, 0) is 93.1 Å². The number of benzene rings is 4. The van der Waals surface area contributed by atoms with Crippen molar-refractivity contribution in [2.24, 2.45) is 0 Å². The molecule has 0 atom stereocenters. The Morgan fingerprint density at radius 2 is 1.02 bits per heavy atom. The SMILES string of the molecule is CCCc1ccc(-c2csc(N3CCN(S(=O)(=O)c4ccccc4Br)CC3)n2)cc1.Cc1cccc(C)c1-c1csc(N2CCN(S(=O)(=O)c3ccccc3Br)CC2)n1. The van der Waals surface area contributed by atoms with Crippen molar-refractivity contribution in [1.29, 1.82) is 0 Å². The van der Waals surface area contributed by atoms with E-state index in [1.807, 2.05) is 12.1 Å². The predicted molar refractivity (Wildman–Crippen MR) is 249 cm³/mol. The van der Waals surface area contributed by atoms with E-state index in [1.165, 1.54) is 22.3 Å². The van der Waals surface area contributed by atoms with E-state index < -0.39 is 20.0 Å². The lowest BCUT2D eigenvalue weighted by Crippen LogP contribution is -2.48. The van der Waals surface area contributed by atoms with E-state index in [0.29, 0.717) is 71.1 Å². The van der Waals surface area contributed by atoms with E-state index in [0.717, 1.165) is 40.1 Å². The highest BCUT2D eigenvalue weighted by molar-refractivity contribution is 9.10. The number of aryl methyl sites for hydroxylation is 3. The second-order valence-electron chi connectivity index (χ2n) is 14.4. The molecule has 4 aromatic carbocycles. The van der Waals surface area contributed by atoms with Crippen molar-refractivity contribution in [2.45, 2.75) is 43.4 Å². The van der Waals surface area contributed by atoms with Gasteiger partial charge >= 0.3 is 0 Å². The molecule has 4 heterocycles. The molecule has 0 aliphatic carbocycles. The lowest BCUT2D eigenvalue weighted by Gasteiger charge is -2.34. The molecule has 2 saturated heterocycles. The van der Waals surface area contributed by atoms with E-state index in [1.54, 1.807) is 67.7 Å². The van der Waals surface area contributed by atoms with Crippen LogP contribution in [0, 0.1) is 13.8 Å². The van der Waals surface area contributed by atoms with Gasteiger partial charge in [-0.2, -0.15) is 8.61 Å². The summed E-state index contributed by atoms with van der Waals surface area (Å²) in [6, 6.07) is 28.8. The van der Waals surface area contributed by atoms with Crippen LogP contribution in [0.5, 0.6) is 0 Å². The van der Waals surface area contributed by atoms with Gasteiger partial charge in [-0.3, -0.25) is 0 Å². The molecule has 0 amide bonds. The summed E-state index contributed by atoms with van der Waals surface area (Å²) in [5.74, 6) is 0. The van der Waals surface area contributed by atoms with E-state index in [9.17, 15) is 16.8 Å². The van der Waals surface area contributed by atoms with E-state index in [-0.39, 0.29) is 0 Å². The molecule has 10 nitrogen and oxygen atoms in total. The van der Waals surface area contributed by atoms with Gasteiger partial charge in [0.15, 0.2) is 10.3 Å². The highest BCUT2D eigenvalue weighted by Gasteiger charge is 2.32. The monoisotopic (exact) mass is 996 g/mol. The second-order valence-corrected chi connectivity index (χ2v) is 21.6. The molecule has 59 heavy (non-hydrogen) atoms. The molecular formula is C43H46Br2N6O4S4. The van der Waals surface area contributed by atoms with Crippen molar-refractivity contribution in [3.8, 4) is 22.5 Å². The highest BCUT2D eigenvalue weighted by Crippen LogP contribution is 2.34. The number of rotatable bonds is 10. The Labute approximate surface area is 372 Å². The summed E-state index contributed by atoms with van der Waals surface area (Å²) in [7, 11) is -7.01. The molecule has 2 fully saturated rings. The first-order chi connectivity index (χ1) is 28.4. The van der Waals surface area contributed by atoms with Gasteiger partial charge in [0.1, 0.15) is 0 Å². The first kappa shape index (κ1) is 43.6. The van der Waals surface area contributed by atoms with Crippen LogP contribution < -0.4 is 9.80 Å². The summed E-state index contributed by atoms with van der Waals surface area (Å²) >= 11 is 9.95. The molecule has 0 radical (unpaired) electrons. The van der Waals surface area contributed by atoms with Crippen molar-refractivity contribution in [3.05, 3.63) is 127 Å². The van der Waals surface area contributed by atoms with Crippen LogP contribution in [0.1, 0.15) is 30.0 Å². The third-order valence-electron chi connectivity index (χ3n) is 10.4. The third-order valence-corrected chi connectivity index (χ3v) is 18.1. The molecule has 2 aliphatic rings. The zero-order chi connectivity index (χ0) is 41.7. The number of piperazine rings is 2. The number of hydrogen-bond donors (Lipinski definition) is 0. The zero-order valence-electron chi connectivity index (χ0n) is 33.1. The van der Waals surface area contributed by atoms with Gasteiger partial charge in [-0.25, -0.2) is 26.8 Å². The van der Waals surface area contributed by atoms with Gasteiger partial charge in [0.05, 0.1) is 21.2 Å². The van der Waals surface area contributed by atoms with E-state index >= 15 is 0 Å². The largest absolute Gasteiger partial charge is 0.345 e. The fraction of sp³-hybridized carbons (Fsp3) is 0.302. The van der Waals surface area contributed by atoms with Gasteiger partial charge in [0.25, 0.3) is 0 Å². The first-order valence-corrected chi connectivity index (χ1v) is 25.7. The highest BCUT2D eigenvalue weighted by atomic mass is 79.9. The average Bonchev–Trinajstić information content (AvgIpc) is 3.93. The van der Waals surface area contributed by atoms with E-state index in [2.05, 4.69) is 116 Å². The lowest BCUT2D eigenvalue weighted by atomic mass is 10.0. The quantitative estimate of drug-likeness (QED) is 0.134. The molecule has 2 aromatic heterocycles. The third kappa shape index (κ3) is 9.86. The molecule has 310 valence electrons. The van der Waals surface area contributed by atoms with Crippen molar-refractivity contribution in [3.63, 3.8) is 0 Å². The maximum absolute atomic E-state index is 13.0. The molecule has 0 bridgehead atoms. The Balaban J connectivity index is 0.000000179. The molecule has 16 heteroatoms. The predicted octanol–water partition coefficient (Wildman–Crippen LogP) is 9.74. The summed E-state index contributed by atoms with van der Waals surface area (Å²) in [5, 5.41) is 6.06. The minimum Gasteiger partial charge on any atom is -0.345 e. The number of hydrogen-bond acceptors (Lipinski definition) is 10. The van der Waals surface area contributed by atoms with Gasteiger partial charge in [0, 0.05) is 83.2 Å². The van der Waals surface area contributed by atoms with Gasteiger partial charge in [-0.15, -0.1) is 22.7 Å². The molecule has 2 aliphatic heterocycles. The number of anilines is 2. The summed E-state index contributed by atoms with van der Waals surface area (Å²) < 4.78 is 56.2. The normalized spacial score (nSPS) is 15.5. The maximum atomic E-state index is 13.0. The first-order valence-electron chi connectivity index (χ1n) is 19.4. The second kappa shape index (κ2) is 19.1. The van der Waals surface area contributed by atoms with Crippen LogP contribution in [0.25, 0.3) is 22.5 Å². The van der Waals surface area contributed by atoms with Gasteiger partial charge < -0.3 is 9.80 Å². The van der Waals surface area contributed by atoms with Crippen molar-refractivity contribution < 1.29 is 16.8 Å². The number of sulfonamides is 2. The smallest absolute Gasteiger partial charge is 0.244 e. The summed E-state index contributed by atoms with van der Waals surface area (Å²) in [6.07, 6.45) is 2.23. The minimum atomic E-state index is -3.50. The van der Waals surface area contributed by atoms with Crippen LogP contribution in [0.3, 0.4) is 0 Å². The van der Waals surface area contributed by atoms with Crippen LogP contribution in [0.4, 0.5) is 10.3 Å². The molecule has 0 spiro atoms. The number of nitrogens with zero attached hydrogens (tertiary/aromatic N) is 6. The molecule has 0 N–H and O–H groups in total. The molecule has 8 rings (SSSR count). The topological polar surface area (TPSA) is 107 Å². The fourth-order valence-corrected chi connectivity index (χ4v) is 13.8. The van der Waals surface area contributed by atoms with Crippen LogP contribution in [-0.2, 0) is 26.5 Å². The Bertz CT molecular complexity index is 2580. The zero-order valence-corrected chi connectivity index (χ0v) is 39.5. The standard InChI is InChI=1S/C22H24BrN3O2S2.C21H22BrN3O2S2/c1-2-5-17-8-10-18(11-9-17)20-16-29-22(24-20)25-12-14-26(15-13-25)30(27,28)21-7-4-3-6-19(21)23;1-15-6-5-7-16(2)20(15)18-14-28-21(23-18)24-10-12-25(13-11-24)29(26,27)19-9-4-3-8-17(19)22/h3-4,6-11,16H,2,5,12-15H2,1H3;3-9,14H,10-13H2,1-2H3. The molecule has 6 aromatic rings. The minimum absolute atomic E-state index is 0.319. The van der Waals surface area contributed by atoms with Gasteiger partial charge in [-0.1, -0.05) is 80.1 Å². The Morgan fingerprint density at radius 1 is 0.576 bits per heavy atom. The average molecular weight is 999 g/mol. The Morgan fingerprint density at radius 3 is 1.47 bits per heavy atom. The summed E-state index contributed by atoms with van der Waals surface area (Å²) in [4.78, 5) is 14.6. The maximum Gasteiger partial charge on any atom is 0.244 e. The Hall–Kier alpha value is -3.48. The number of thiazole rings is 2. The molecular weight excluding hydrogens is 953 g/mol. The van der Waals surface area contributed by atoms with Gasteiger partial charge in [0.2, 0.25) is 20.0 Å².